The summed E-state index contributed by atoms with van der Waals surface area (Å²) in [4.78, 5) is 23.5. The first-order chi connectivity index (χ1) is 16.3. The number of anilines is 1. The number of ether oxygens (including phenoxy) is 1. The van der Waals surface area contributed by atoms with Gasteiger partial charge in [0, 0.05) is 17.5 Å². The second-order valence-corrected chi connectivity index (χ2v) is 10.6. The van der Waals surface area contributed by atoms with Crippen LogP contribution >= 0.6 is 11.8 Å². The Bertz CT molecular complexity index is 1160. The molecule has 2 aromatic rings. The molecule has 0 aliphatic carbocycles. The van der Waals surface area contributed by atoms with Crippen molar-refractivity contribution in [2.24, 2.45) is 4.40 Å². The number of fused-ring (bicyclic) bond motifs is 2. The maximum absolute atomic E-state index is 12.0. The van der Waals surface area contributed by atoms with Gasteiger partial charge in [0.2, 0.25) is 0 Å². The summed E-state index contributed by atoms with van der Waals surface area (Å²) < 4.78 is 36.5. The zero-order valence-corrected chi connectivity index (χ0v) is 19.8. The van der Waals surface area contributed by atoms with E-state index >= 15 is 0 Å². The molecule has 0 bridgehead atoms. The largest absolute Gasteiger partial charge is 0.861 e. The zero-order chi connectivity index (χ0) is 24.1. The number of aromatic nitrogens is 4. The molecule has 186 valence electrons. The van der Waals surface area contributed by atoms with E-state index in [1.807, 2.05) is 0 Å². The average Bonchev–Trinajstić information content (AvgIpc) is 3.46. The number of carbonyl (C=O) groups excluding carboxylic acids is 1. The molecule has 2 aromatic heterocycles. The Morgan fingerprint density at radius 3 is 3.06 bits per heavy atom. The standard InChI is InChI=1S/C18H27N9O5S2/c19-16-15-17(21-8-20-16)27(9-22-15)10-32-6-5-23-34(30,31)26-13(28)4-2-1-3-12-14-11(7-33-12)24-18(29)25-14/h8-9,11-12,14,23H,1-7,10H2,(H,26,28)(H2,19,20,21)(H2,24,25,29)/p-1/t11-,12-,14-/m0/s1. The summed E-state index contributed by atoms with van der Waals surface area (Å²) in [5, 5.41) is 18.1. The molecule has 2 saturated heterocycles. The van der Waals surface area contributed by atoms with Crippen molar-refractivity contribution in [1.29, 1.82) is 0 Å². The van der Waals surface area contributed by atoms with E-state index in [1.165, 1.54) is 12.7 Å². The van der Waals surface area contributed by atoms with E-state index < -0.39 is 16.1 Å². The highest BCUT2D eigenvalue weighted by Gasteiger charge is 2.42. The van der Waals surface area contributed by atoms with Gasteiger partial charge in [-0.1, -0.05) is 6.42 Å². The number of amides is 2. The molecule has 4 heterocycles. The minimum absolute atomic E-state index is 0.0478. The Balaban J connectivity index is 1.12. The first-order valence-electron chi connectivity index (χ1n) is 10.8. The predicted octanol–water partition coefficient (Wildman–Crippen LogP) is -1.30. The van der Waals surface area contributed by atoms with Crippen molar-refractivity contribution in [3.8, 4) is 0 Å². The molecule has 3 atom stereocenters. The quantitative estimate of drug-likeness (QED) is 0.115. The molecular formula is C18H26N9O5S2-. The van der Waals surface area contributed by atoms with Crippen LogP contribution in [0.15, 0.2) is 17.1 Å². The smallest absolute Gasteiger partial charge is 0.318 e. The van der Waals surface area contributed by atoms with Crippen LogP contribution in [0.25, 0.3) is 11.2 Å². The fourth-order valence-corrected chi connectivity index (χ4v) is 6.18. The number of nitrogens with zero attached hydrogens (tertiary/aromatic N) is 5. The summed E-state index contributed by atoms with van der Waals surface area (Å²) in [6.07, 6.45) is 4.99. The highest BCUT2D eigenvalue weighted by Crippen LogP contribution is 2.33. The van der Waals surface area contributed by atoms with Crippen LogP contribution < -0.4 is 26.2 Å². The van der Waals surface area contributed by atoms with E-state index in [1.54, 1.807) is 16.3 Å². The number of imidazole rings is 1. The van der Waals surface area contributed by atoms with Gasteiger partial charge in [0.25, 0.3) is 0 Å². The number of hydrogen-bond donors (Lipinski definition) is 4. The summed E-state index contributed by atoms with van der Waals surface area (Å²) in [6.45, 7) is 0.0885. The topological polar surface area (TPSA) is 202 Å². The third kappa shape index (κ3) is 6.05. The van der Waals surface area contributed by atoms with Crippen molar-refractivity contribution in [2.75, 3.05) is 24.6 Å². The lowest BCUT2D eigenvalue weighted by Crippen LogP contribution is -2.36. The highest BCUT2D eigenvalue weighted by atomic mass is 32.2. The number of urea groups is 1. The second-order valence-electron chi connectivity index (χ2n) is 7.90. The van der Waals surface area contributed by atoms with E-state index in [0.717, 1.165) is 18.6 Å². The first-order valence-corrected chi connectivity index (χ1v) is 13.2. The van der Waals surface area contributed by atoms with Crippen molar-refractivity contribution < 1.29 is 23.1 Å². The van der Waals surface area contributed by atoms with E-state index in [4.69, 9.17) is 10.5 Å². The van der Waals surface area contributed by atoms with Crippen molar-refractivity contribution >= 4 is 50.9 Å². The number of carbonyl (C=O) groups is 1. The average molecular weight is 513 g/mol. The van der Waals surface area contributed by atoms with Gasteiger partial charge in [-0.3, -0.25) is 4.57 Å². The molecule has 4 rings (SSSR count). The number of rotatable bonds is 12. The third-order valence-corrected chi connectivity index (χ3v) is 8.00. The number of nitrogens with two attached hydrogens (primary N) is 1. The van der Waals surface area contributed by atoms with Gasteiger partial charge < -0.3 is 26.2 Å². The first kappa shape index (κ1) is 24.4. The Hall–Kier alpha value is -2.69. The Morgan fingerprint density at radius 1 is 1.35 bits per heavy atom. The van der Waals surface area contributed by atoms with Crippen LogP contribution in [0.4, 0.5) is 10.6 Å². The molecule has 2 aliphatic rings. The lowest BCUT2D eigenvalue weighted by molar-refractivity contribution is -0.218. The number of unbranched alkanes of at least 4 members (excludes halogenated alkanes) is 1. The molecule has 0 radical (unpaired) electrons. The van der Waals surface area contributed by atoms with Crippen molar-refractivity contribution in [3.63, 3.8) is 0 Å². The molecule has 0 aromatic carbocycles. The number of nitrogen functional groups attached to an aromatic ring is 1. The SMILES string of the molecule is Nc1ncnc2c1ncn2COCCNS(=O)(=O)/N=C(\[O-])CCCC[C@@H]1SC[C@@H]2NC(=O)N[C@@H]21. The van der Waals surface area contributed by atoms with Crippen LogP contribution in [0.5, 0.6) is 0 Å². The van der Waals surface area contributed by atoms with Gasteiger partial charge in [-0.25, -0.2) is 19.7 Å². The normalized spacial score (nSPS) is 22.6. The number of nitrogens with one attached hydrogen (secondary N) is 3. The second kappa shape index (κ2) is 10.7. The molecule has 0 spiro atoms. The van der Waals surface area contributed by atoms with Crippen molar-refractivity contribution in [1.82, 2.24) is 34.9 Å². The lowest BCUT2D eigenvalue weighted by atomic mass is 10.0. The van der Waals surface area contributed by atoms with Crippen LogP contribution in [0.2, 0.25) is 0 Å². The fraction of sp³-hybridized carbons (Fsp3) is 0.611. The van der Waals surface area contributed by atoms with E-state index in [2.05, 4.69) is 34.7 Å². The lowest BCUT2D eigenvalue weighted by Gasteiger charge is -2.17. The molecule has 0 saturated carbocycles. The molecule has 2 fully saturated rings. The molecule has 0 unspecified atom stereocenters. The minimum Gasteiger partial charge on any atom is -0.861 e. The van der Waals surface area contributed by atoms with E-state index in [9.17, 15) is 18.3 Å². The van der Waals surface area contributed by atoms with Crippen LogP contribution in [-0.4, -0.2) is 76.1 Å². The Kier molecular flexibility index (Phi) is 7.70. The molecule has 2 amide bonds. The third-order valence-electron chi connectivity index (χ3n) is 5.48. The van der Waals surface area contributed by atoms with Gasteiger partial charge in [-0.2, -0.15) is 29.3 Å². The van der Waals surface area contributed by atoms with Crippen molar-refractivity contribution in [2.45, 2.75) is 49.7 Å². The molecule has 14 nitrogen and oxygen atoms in total. The highest BCUT2D eigenvalue weighted by molar-refractivity contribution is 8.00. The van der Waals surface area contributed by atoms with Crippen LogP contribution in [0.1, 0.15) is 25.7 Å². The van der Waals surface area contributed by atoms with Crippen molar-refractivity contribution in [3.05, 3.63) is 12.7 Å². The van der Waals surface area contributed by atoms with Gasteiger partial charge in [0.1, 0.15) is 18.6 Å². The van der Waals surface area contributed by atoms with Crippen LogP contribution in [0, 0.1) is 0 Å². The van der Waals surface area contributed by atoms with Gasteiger partial charge in [-0.15, -0.1) is 0 Å². The van der Waals surface area contributed by atoms with Crippen LogP contribution in [-0.2, 0) is 21.7 Å². The molecule has 2 aliphatic heterocycles. The maximum Gasteiger partial charge on any atom is 0.318 e. The van der Waals surface area contributed by atoms with Gasteiger partial charge in [0.05, 0.1) is 25.0 Å². The Morgan fingerprint density at radius 2 is 2.21 bits per heavy atom. The predicted molar refractivity (Wildman–Crippen MR) is 124 cm³/mol. The van der Waals surface area contributed by atoms with Crippen LogP contribution in [0.3, 0.4) is 0 Å². The van der Waals surface area contributed by atoms with Gasteiger partial charge in [-0.05, 0) is 25.2 Å². The van der Waals surface area contributed by atoms with E-state index in [0.29, 0.717) is 22.8 Å². The summed E-state index contributed by atoms with van der Waals surface area (Å²) in [6, 6.07) is 0.141. The zero-order valence-electron chi connectivity index (χ0n) is 18.2. The summed E-state index contributed by atoms with van der Waals surface area (Å²) in [5.41, 5.74) is 6.68. The van der Waals surface area contributed by atoms with Gasteiger partial charge >= 0.3 is 16.2 Å². The molecular weight excluding hydrogens is 486 g/mol. The summed E-state index contributed by atoms with van der Waals surface area (Å²) in [7, 11) is -4.10. The monoisotopic (exact) mass is 512 g/mol. The Labute approximate surface area is 200 Å². The maximum atomic E-state index is 12.0. The summed E-state index contributed by atoms with van der Waals surface area (Å²) in [5.74, 6) is 0.439. The fourth-order valence-electron chi connectivity index (χ4n) is 3.88. The van der Waals surface area contributed by atoms with E-state index in [-0.39, 0.29) is 50.2 Å². The molecule has 34 heavy (non-hydrogen) atoms. The molecule has 5 N–H and O–H groups in total. The molecule has 16 heteroatoms. The summed E-state index contributed by atoms with van der Waals surface area (Å²) >= 11 is 1.80. The number of thioether (sulfide) groups is 1. The van der Waals surface area contributed by atoms with Gasteiger partial charge in [0.15, 0.2) is 11.5 Å². The minimum atomic E-state index is -4.10. The number of hydrogen-bond acceptors (Lipinski definition) is 10.